The Morgan fingerprint density at radius 2 is 2.26 bits per heavy atom. The first kappa shape index (κ1) is 16.2. The number of anilines is 1. The van der Waals surface area contributed by atoms with Gasteiger partial charge in [-0.2, -0.15) is 0 Å². The fourth-order valence-electron chi connectivity index (χ4n) is 3.61. The monoisotopic (exact) mass is 314 g/mol. The maximum absolute atomic E-state index is 12.8. The molecule has 23 heavy (non-hydrogen) atoms. The summed E-state index contributed by atoms with van der Waals surface area (Å²) in [4.78, 5) is 17.3. The molecule has 1 atom stereocenters. The number of fused-ring (bicyclic) bond motifs is 2. The second kappa shape index (κ2) is 7.75. The predicted molar refractivity (Wildman–Crippen MR) is 92.5 cm³/mol. The third-order valence-corrected chi connectivity index (χ3v) is 4.76. The summed E-state index contributed by atoms with van der Waals surface area (Å²) < 4.78 is 5.39. The molecule has 1 fully saturated rings. The van der Waals surface area contributed by atoms with Crippen LogP contribution in [0.5, 0.6) is 0 Å². The lowest BCUT2D eigenvalue weighted by Crippen LogP contribution is -2.40. The van der Waals surface area contributed by atoms with Crippen molar-refractivity contribution in [3.8, 4) is 0 Å². The number of rotatable bonds is 6. The van der Waals surface area contributed by atoms with Gasteiger partial charge in [0.05, 0.1) is 6.61 Å². The molecule has 2 aliphatic heterocycles. The summed E-state index contributed by atoms with van der Waals surface area (Å²) in [5.74, 6) is 0.216. The summed E-state index contributed by atoms with van der Waals surface area (Å²) in [5.41, 5.74) is 2.37. The van der Waals surface area contributed by atoms with Gasteiger partial charge in [0.15, 0.2) is 0 Å². The topological polar surface area (TPSA) is 32.8 Å². The van der Waals surface area contributed by atoms with Crippen LogP contribution in [0.3, 0.4) is 0 Å². The summed E-state index contributed by atoms with van der Waals surface area (Å²) in [6.07, 6.45) is 5.48. The molecule has 4 heteroatoms. The van der Waals surface area contributed by atoms with Crippen molar-refractivity contribution in [3.63, 3.8) is 0 Å². The maximum atomic E-state index is 12.8. The number of benzene rings is 1. The lowest BCUT2D eigenvalue weighted by atomic mass is 10.1. The van der Waals surface area contributed by atoms with Gasteiger partial charge >= 0.3 is 0 Å². The van der Waals surface area contributed by atoms with Gasteiger partial charge in [0.2, 0.25) is 5.91 Å². The molecule has 0 N–H and O–H groups in total. The second-order valence-electron chi connectivity index (χ2n) is 6.37. The average molecular weight is 314 g/mol. The first-order chi connectivity index (χ1) is 11.3. The number of carbonyl (C=O) groups is 1. The molecule has 1 unspecified atom stereocenters. The molecule has 0 radical (unpaired) electrons. The Morgan fingerprint density at radius 1 is 1.39 bits per heavy atom. The van der Waals surface area contributed by atoms with E-state index in [1.807, 2.05) is 11.0 Å². The number of hydrogen-bond donors (Lipinski definition) is 0. The Labute approximate surface area is 138 Å². The number of ether oxygens (including phenoxy) is 1. The zero-order chi connectivity index (χ0) is 16.1. The largest absolute Gasteiger partial charge is 0.377 e. The minimum atomic E-state index is 0.216. The third kappa shape index (κ3) is 3.82. The summed E-state index contributed by atoms with van der Waals surface area (Å²) in [7, 11) is 0. The van der Waals surface area contributed by atoms with E-state index in [1.165, 1.54) is 18.4 Å². The lowest BCUT2D eigenvalue weighted by Gasteiger charge is -2.26. The molecule has 2 aliphatic rings. The van der Waals surface area contributed by atoms with Crippen molar-refractivity contribution < 1.29 is 9.53 Å². The molecule has 1 aromatic rings. The highest BCUT2D eigenvalue weighted by molar-refractivity contribution is 5.94. The summed E-state index contributed by atoms with van der Waals surface area (Å²) in [6, 6.07) is 8.85. The van der Waals surface area contributed by atoms with Crippen molar-refractivity contribution in [1.82, 2.24) is 4.90 Å². The number of carbonyl (C=O) groups excluding carboxylic acids is 1. The van der Waals surface area contributed by atoms with Gasteiger partial charge in [-0.1, -0.05) is 24.3 Å². The van der Waals surface area contributed by atoms with E-state index in [2.05, 4.69) is 29.7 Å². The van der Waals surface area contributed by atoms with Crippen molar-refractivity contribution in [2.45, 2.75) is 38.3 Å². The van der Waals surface area contributed by atoms with E-state index in [1.54, 1.807) is 6.08 Å². The van der Waals surface area contributed by atoms with E-state index in [9.17, 15) is 4.79 Å². The summed E-state index contributed by atoms with van der Waals surface area (Å²) in [5, 5.41) is 0. The van der Waals surface area contributed by atoms with Crippen molar-refractivity contribution in [2.24, 2.45) is 0 Å². The highest BCUT2D eigenvalue weighted by atomic mass is 16.5. The van der Waals surface area contributed by atoms with Gasteiger partial charge in [-0.05, 0) is 37.4 Å². The van der Waals surface area contributed by atoms with Crippen LogP contribution in [-0.4, -0.2) is 43.2 Å². The fourth-order valence-corrected chi connectivity index (χ4v) is 3.61. The molecule has 0 aromatic heterocycles. The van der Waals surface area contributed by atoms with E-state index < -0.39 is 0 Å². The van der Waals surface area contributed by atoms with Crippen LogP contribution in [0, 0.1) is 0 Å². The molecule has 1 amide bonds. The van der Waals surface area contributed by atoms with Gasteiger partial charge in [0.1, 0.15) is 0 Å². The lowest BCUT2D eigenvalue weighted by molar-refractivity contribution is -0.119. The molecule has 1 saturated heterocycles. The van der Waals surface area contributed by atoms with Gasteiger partial charge in [-0.15, -0.1) is 6.58 Å². The van der Waals surface area contributed by atoms with E-state index in [4.69, 9.17) is 4.74 Å². The minimum absolute atomic E-state index is 0.216. The molecule has 0 saturated carbocycles. The van der Waals surface area contributed by atoms with E-state index in [-0.39, 0.29) is 5.91 Å². The van der Waals surface area contributed by atoms with Crippen LogP contribution in [0.4, 0.5) is 5.69 Å². The molecular formula is C19H26N2O2. The zero-order valence-electron chi connectivity index (χ0n) is 13.7. The van der Waals surface area contributed by atoms with E-state index in [0.717, 1.165) is 31.7 Å². The third-order valence-electron chi connectivity index (χ3n) is 4.76. The Bertz CT molecular complexity index is 558. The number of para-hydroxylation sites is 1. The first-order valence-electron chi connectivity index (χ1n) is 8.60. The number of amides is 1. The van der Waals surface area contributed by atoms with Crippen molar-refractivity contribution in [1.29, 1.82) is 0 Å². The zero-order valence-corrected chi connectivity index (χ0v) is 13.7. The Hall–Kier alpha value is -1.65. The van der Waals surface area contributed by atoms with Crippen LogP contribution in [-0.2, 0) is 16.1 Å². The predicted octanol–water partition coefficient (Wildman–Crippen LogP) is 2.98. The SMILES string of the molecule is C=CCOCCCC(=O)N1CC2CCCN2Cc2ccccc21. The van der Waals surface area contributed by atoms with Crippen molar-refractivity contribution >= 4 is 11.6 Å². The highest BCUT2D eigenvalue weighted by Crippen LogP contribution is 2.31. The summed E-state index contributed by atoms with van der Waals surface area (Å²) in [6.45, 7) is 7.73. The molecule has 3 rings (SSSR count). The maximum Gasteiger partial charge on any atom is 0.227 e. The van der Waals surface area contributed by atoms with Crippen molar-refractivity contribution in [2.75, 3.05) is 31.2 Å². The highest BCUT2D eigenvalue weighted by Gasteiger charge is 2.32. The number of hydrogen-bond acceptors (Lipinski definition) is 3. The molecule has 4 nitrogen and oxygen atoms in total. The Balaban J connectivity index is 1.69. The average Bonchev–Trinajstić information content (AvgIpc) is 2.93. The van der Waals surface area contributed by atoms with E-state index in [0.29, 0.717) is 25.7 Å². The molecular weight excluding hydrogens is 288 g/mol. The van der Waals surface area contributed by atoms with Crippen LogP contribution >= 0.6 is 0 Å². The van der Waals surface area contributed by atoms with Crippen LogP contribution in [0.1, 0.15) is 31.2 Å². The van der Waals surface area contributed by atoms with Crippen molar-refractivity contribution in [3.05, 3.63) is 42.5 Å². The van der Waals surface area contributed by atoms with Gasteiger partial charge < -0.3 is 9.64 Å². The Morgan fingerprint density at radius 3 is 3.13 bits per heavy atom. The van der Waals surface area contributed by atoms with Gasteiger partial charge in [-0.3, -0.25) is 9.69 Å². The molecule has 2 heterocycles. The van der Waals surface area contributed by atoms with Crippen LogP contribution in [0.2, 0.25) is 0 Å². The fraction of sp³-hybridized carbons (Fsp3) is 0.526. The quantitative estimate of drug-likeness (QED) is 0.598. The Kier molecular flexibility index (Phi) is 5.47. The summed E-state index contributed by atoms with van der Waals surface area (Å²) >= 11 is 0. The van der Waals surface area contributed by atoms with Gasteiger partial charge in [0, 0.05) is 37.8 Å². The molecule has 0 spiro atoms. The number of nitrogens with zero attached hydrogens (tertiary/aromatic N) is 2. The van der Waals surface area contributed by atoms with Gasteiger partial charge in [0.25, 0.3) is 0 Å². The molecule has 1 aromatic carbocycles. The standard InChI is InChI=1S/C19H26N2O2/c1-2-12-23-13-6-10-19(22)21-15-17-8-5-11-20(17)14-16-7-3-4-9-18(16)21/h2-4,7,9,17H,1,5-6,8,10-15H2. The van der Waals surface area contributed by atoms with E-state index >= 15 is 0 Å². The first-order valence-corrected chi connectivity index (χ1v) is 8.60. The smallest absolute Gasteiger partial charge is 0.227 e. The molecule has 0 bridgehead atoms. The van der Waals surface area contributed by atoms with Crippen LogP contribution in [0.15, 0.2) is 36.9 Å². The van der Waals surface area contributed by atoms with Crippen LogP contribution in [0.25, 0.3) is 0 Å². The van der Waals surface area contributed by atoms with Crippen LogP contribution < -0.4 is 4.90 Å². The molecule has 124 valence electrons. The second-order valence-corrected chi connectivity index (χ2v) is 6.37. The molecule has 0 aliphatic carbocycles. The minimum Gasteiger partial charge on any atom is -0.377 e. The van der Waals surface area contributed by atoms with Gasteiger partial charge in [-0.25, -0.2) is 0 Å². The normalized spacial score (nSPS) is 20.7.